The Hall–Kier alpha value is -0.410. The summed E-state index contributed by atoms with van der Waals surface area (Å²) in [4.78, 5) is 4.71. The Morgan fingerprint density at radius 3 is 2.53 bits per heavy atom. The van der Waals surface area contributed by atoms with E-state index in [-0.39, 0.29) is 5.41 Å². The van der Waals surface area contributed by atoms with Gasteiger partial charge >= 0.3 is 0 Å². The van der Waals surface area contributed by atoms with Gasteiger partial charge in [-0.2, -0.15) is 0 Å². The van der Waals surface area contributed by atoms with Gasteiger partial charge in [0.25, 0.3) is 0 Å². The van der Waals surface area contributed by atoms with E-state index >= 15 is 0 Å². The third-order valence-corrected chi connectivity index (χ3v) is 3.60. The van der Waals surface area contributed by atoms with Gasteiger partial charge in [-0.25, -0.2) is 4.98 Å². The third kappa shape index (κ3) is 5.64. The minimum atomic E-state index is 0.188. The van der Waals surface area contributed by atoms with Gasteiger partial charge in [0.1, 0.15) is 0 Å². The molecule has 3 heteroatoms. The number of rotatable bonds is 6. The van der Waals surface area contributed by atoms with Gasteiger partial charge in [-0.3, -0.25) is 0 Å². The van der Waals surface area contributed by atoms with Crippen molar-refractivity contribution < 1.29 is 0 Å². The van der Waals surface area contributed by atoms with Crippen molar-refractivity contribution in [3.63, 3.8) is 0 Å². The molecule has 0 aliphatic heterocycles. The molecule has 17 heavy (non-hydrogen) atoms. The van der Waals surface area contributed by atoms with Crippen molar-refractivity contribution in [1.82, 2.24) is 10.3 Å². The van der Waals surface area contributed by atoms with Crippen LogP contribution >= 0.6 is 11.3 Å². The van der Waals surface area contributed by atoms with Gasteiger partial charge in [0.15, 0.2) is 0 Å². The van der Waals surface area contributed by atoms with Crippen LogP contribution in [0.3, 0.4) is 0 Å². The third-order valence-electron chi connectivity index (χ3n) is 2.69. The number of thiazole rings is 1. The maximum Gasteiger partial charge on any atom is 0.0928 e. The molecule has 1 aromatic rings. The summed E-state index contributed by atoms with van der Waals surface area (Å²) in [5, 5.41) is 6.95. The van der Waals surface area contributed by atoms with Crippen LogP contribution in [0.1, 0.15) is 58.2 Å². The van der Waals surface area contributed by atoms with Crippen molar-refractivity contribution in [2.45, 2.75) is 65.3 Å². The molecule has 0 aliphatic carbocycles. The average Bonchev–Trinajstić information content (AvgIpc) is 2.64. The van der Waals surface area contributed by atoms with Crippen molar-refractivity contribution in [3.8, 4) is 0 Å². The smallest absolute Gasteiger partial charge is 0.0928 e. The zero-order valence-corrected chi connectivity index (χ0v) is 12.7. The second-order valence-electron chi connectivity index (χ2n) is 5.94. The van der Waals surface area contributed by atoms with E-state index in [4.69, 9.17) is 4.98 Å². The van der Waals surface area contributed by atoms with Gasteiger partial charge in [0.05, 0.1) is 10.7 Å². The number of nitrogens with one attached hydrogen (secondary N) is 1. The molecule has 0 saturated carbocycles. The molecule has 98 valence electrons. The molecule has 1 N–H and O–H groups in total. The maximum absolute atomic E-state index is 4.71. The Bertz CT molecular complexity index is 323. The Kier molecular flexibility index (Phi) is 5.60. The molecule has 1 rings (SSSR count). The normalized spacial score (nSPS) is 12.4. The van der Waals surface area contributed by atoms with Gasteiger partial charge in [-0.05, 0) is 25.8 Å². The summed E-state index contributed by atoms with van der Waals surface area (Å²) in [6, 6.07) is 0.599. The second kappa shape index (κ2) is 6.50. The first kappa shape index (κ1) is 14.7. The fraction of sp³-hybridized carbons (Fsp3) is 0.786. The summed E-state index contributed by atoms with van der Waals surface area (Å²) in [6.07, 6.45) is 3.60. The standard InChI is InChI=1S/C14H26N2S/c1-11(2)15-9-7-6-8-13-16-12(10-17-13)14(3,4)5/h10-11,15H,6-9H2,1-5H3. The topological polar surface area (TPSA) is 24.9 Å². The van der Waals surface area contributed by atoms with Gasteiger partial charge in [0.2, 0.25) is 0 Å². The first-order valence-corrected chi connectivity index (χ1v) is 7.46. The molecule has 0 aromatic carbocycles. The lowest BCUT2D eigenvalue weighted by Crippen LogP contribution is -2.23. The Labute approximate surface area is 110 Å². The van der Waals surface area contributed by atoms with Gasteiger partial charge in [0, 0.05) is 16.8 Å². The Morgan fingerprint density at radius 1 is 1.29 bits per heavy atom. The van der Waals surface area contributed by atoms with Crippen LogP contribution in [0, 0.1) is 0 Å². The maximum atomic E-state index is 4.71. The first-order chi connectivity index (χ1) is 7.89. The predicted octanol–water partition coefficient (Wildman–Crippen LogP) is 3.76. The summed E-state index contributed by atoms with van der Waals surface area (Å²) in [5.41, 5.74) is 1.42. The molecule has 0 radical (unpaired) electrons. The fourth-order valence-electron chi connectivity index (χ4n) is 1.56. The van der Waals surface area contributed by atoms with Crippen LogP contribution in [-0.2, 0) is 11.8 Å². The molecule has 0 atom stereocenters. The molecule has 0 aliphatic rings. The molecule has 1 aromatic heterocycles. The SMILES string of the molecule is CC(C)NCCCCc1nc(C(C)(C)C)cs1. The number of unbranched alkanes of at least 4 members (excludes halogenated alkanes) is 1. The van der Waals surface area contributed by atoms with E-state index in [1.165, 1.54) is 23.5 Å². The summed E-state index contributed by atoms with van der Waals surface area (Å²) in [7, 11) is 0. The number of aryl methyl sites for hydroxylation is 1. The van der Waals surface area contributed by atoms with Crippen molar-refractivity contribution in [2.24, 2.45) is 0 Å². The minimum Gasteiger partial charge on any atom is -0.315 e. The molecule has 0 fully saturated rings. The minimum absolute atomic E-state index is 0.188. The predicted molar refractivity (Wildman–Crippen MR) is 76.9 cm³/mol. The van der Waals surface area contributed by atoms with Crippen LogP contribution in [0.5, 0.6) is 0 Å². The first-order valence-electron chi connectivity index (χ1n) is 6.58. The van der Waals surface area contributed by atoms with Crippen LogP contribution in [-0.4, -0.2) is 17.6 Å². The molecule has 0 saturated heterocycles. The quantitative estimate of drug-likeness (QED) is 0.782. The number of hydrogen-bond acceptors (Lipinski definition) is 3. The highest BCUT2D eigenvalue weighted by atomic mass is 32.1. The van der Waals surface area contributed by atoms with Crippen LogP contribution in [0.25, 0.3) is 0 Å². The van der Waals surface area contributed by atoms with Gasteiger partial charge in [-0.1, -0.05) is 34.6 Å². The zero-order chi connectivity index (χ0) is 12.9. The van der Waals surface area contributed by atoms with E-state index in [0.717, 1.165) is 13.0 Å². The summed E-state index contributed by atoms with van der Waals surface area (Å²) in [6.45, 7) is 12.2. The molecular weight excluding hydrogens is 228 g/mol. The number of hydrogen-bond donors (Lipinski definition) is 1. The summed E-state index contributed by atoms with van der Waals surface area (Å²) >= 11 is 1.81. The highest BCUT2D eigenvalue weighted by molar-refractivity contribution is 7.09. The highest BCUT2D eigenvalue weighted by Gasteiger charge is 2.16. The lowest BCUT2D eigenvalue weighted by atomic mass is 9.93. The molecule has 0 unspecified atom stereocenters. The molecule has 2 nitrogen and oxygen atoms in total. The lowest BCUT2D eigenvalue weighted by Gasteiger charge is -2.14. The van der Waals surface area contributed by atoms with Crippen LogP contribution in [0.4, 0.5) is 0 Å². The molecule has 0 bridgehead atoms. The summed E-state index contributed by atoms with van der Waals surface area (Å²) < 4.78 is 0. The fourth-order valence-corrected chi connectivity index (χ4v) is 2.63. The van der Waals surface area contributed by atoms with E-state index < -0.39 is 0 Å². The number of aromatic nitrogens is 1. The summed E-state index contributed by atoms with van der Waals surface area (Å²) in [5.74, 6) is 0. The molecule has 0 amide bonds. The van der Waals surface area contributed by atoms with Gasteiger partial charge in [-0.15, -0.1) is 11.3 Å². The number of nitrogens with zero attached hydrogens (tertiary/aromatic N) is 1. The largest absolute Gasteiger partial charge is 0.315 e. The van der Waals surface area contributed by atoms with Crippen LogP contribution in [0.15, 0.2) is 5.38 Å². The highest BCUT2D eigenvalue weighted by Crippen LogP contribution is 2.24. The van der Waals surface area contributed by atoms with E-state index in [9.17, 15) is 0 Å². The lowest BCUT2D eigenvalue weighted by molar-refractivity contribution is 0.553. The van der Waals surface area contributed by atoms with E-state index in [1.54, 1.807) is 0 Å². The second-order valence-corrected chi connectivity index (χ2v) is 6.89. The van der Waals surface area contributed by atoms with Crippen LogP contribution < -0.4 is 5.32 Å². The van der Waals surface area contributed by atoms with Crippen molar-refractivity contribution >= 4 is 11.3 Å². The van der Waals surface area contributed by atoms with Gasteiger partial charge < -0.3 is 5.32 Å². The average molecular weight is 254 g/mol. The van der Waals surface area contributed by atoms with Crippen molar-refractivity contribution in [3.05, 3.63) is 16.1 Å². The monoisotopic (exact) mass is 254 g/mol. The van der Waals surface area contributed by atoms with E-state index in [2.05, 4.69) is 45.3 Å². The van der Waals surface area contributed by atoms with Crippen molar-refractivity contribution in [2.75, 3.05) is 6.54 Å². The Morgan fingerprint density at radius 2 is 2.00 bits per heavy atom. The van der Waals surface area contributed by atoms with E-state index in [0.29, 0.717) is 6.04 Å². The molecule has 0 spiro atoms. The van der Waals surface area contributed by atoms with E-state index in [1.807, 2.05) is 11.3 Å². The van der Waals surface area contributed by atoms with Crippen LogP contribution in [0.2, 0.25) is 0 Å². The molecule has 1 heterocycles. The zero-order valence-electron chi connectivity index (χ0n) is 11.8. The Balaban J connectivity index is 2.26. The molecular formula is C14H26N2S. The van der Waals surface area contributed by atoms with Crippen molar-refractivity contribution in [1.29, 1.82) is 0 Å².